The molecule has 0 saturated heterocycles. The first-order valence-electron chi connectivity index (χ1n) is 6.00. The van der Waals surface area contributed by atoms with Crippen molar-refractivity contribution in [2.24, 2.45) is 5.73 Å². The minimum atomic E-state index is -1.30. The number of carbonyl (C=O) groups excluding carboxylic acids is 1. The molecule has 3 N–H and O–H groups in total. The van der Waals surface area contributed by atoms with E-state index in [1.807, 2.05) is 30.3 Å². The SMILES string of the molecule is CC(C)(C)OC(=O)[C@@H](O)[C@H](N)Cc1ccccc1. The largest absolute Gasteiger partial charge is 0.458 e. The van der Waals surface area contributed by atoms with Gasteiger partial charge in [0, 0.05) is 6.04 Å². The lowest BCUT2D eigenvalue weighted by atomic mass is 10.0. The molecule has 1 rings (SSSR count). The highest BCUT2D eigenvalue weighted by Crippen LogP contribution is 2.11. The summed E-state index contributed by atoms with van der Waals surface area (Å²) in [5.74, 6) is -0.675. The van der Waals surface area contributed by atoms with Gasteiger partial charge in [0.15, 0.2) is 6.10 Å². The third kappa shape index (κ3) is 4.85. The van der Waals surface area contributed by atoms with E-state index in [-0.39, 0.29) is 0 Å². The summed E-state index contributed by atoms with van der Waals surface area (Å²) in [6.45, 7) is 5.25. The number of aliphatic hydroxyl groups is 1. The van der Waals surface area contributed by atoms with Crippen LogP contribution in [0.25, 0.3) is 0 Å². The number of hydrogen-bond donors (Lipinski definition) is 2. The van der Waals surface area contributed by atoms with Crippen molar-refractivity contribution in [2.75, 3.05) is 0 Å². The van der Waals surface area contributed by atoms with Gasteiger partial charge in [-0.1, -0.05) is 30.3 Å². The second-order valence-electron chi connectivity index (χ2n) is 5.33. The molecule has 0 unspecified atom stereocenters. The molecule has 0 spiro atoms. The highest BCUT2D eigenvalue weighted by molar-refractivity contribution is 5.75. The van der Waals surface area contributed by atoms with Gasteiger partial charge in [-0.3, -0.25) is 0 Å². The average Bonchev–Trinajstić information content (AvgIpc) is 2.27. The van der Waals surface area contributed by atoms with Crippen molar-refractivity contribution in [3.05, 3.63) is 35.9 Å². The Balaban J connectivity index is 2.56. The van der Waals surface area contributed by atoms with Gasteiger partial charge in [-0.15, -0.1) is 0 Å². The first-order chi connectivity index (χ1) is 8.29. The molecule has 18 heavy (non-hydrogen) atoms. The molecule has 0 aliphatic heterocycles. The lowest BCUT2D eigenvalue weighted by Crippen LogP contribution is -2.45. The number of hydrogen-bond acceptors (Lipinski definition) is 4. The Kier molecular flexibility index (Phi) is 4.87. The summed E-state index contributed by atoms with van der Waals surface area (Å²) in [5.41, 5.74) is 6.18. The fourth-order valence-corrected chi connectivity index (χ4v) is 1.53. The predicted octanol–water partition coefficient (Wildman–Crippen LogP) is 1.26. The van der Waals surface area contributed by atoms with Crippen LogP contribution < -0.4 is 5.73 Å². The molecule has 4 nitrogen and oxygen atoms in total. The predicted molar refractivity (Wildman–Crippen MR) is 70.0 cm³/mol. The minimum Gasteiger partial charge on any atom is -0.458 e. The van der Waals surface area contributed by atoms with Gasteiger partial charge in [-0.2, -0.15) is 0 Å². The van der Waals surface area contributed by atoms with Gasteiger partial charge in [-0.25, -0.2) is 4.79 Å². The zero-order valence-corrected chi connectivity index (χ0v) is 11.1. The second-order valence-corrected chi connectivity index (χ2v) is 5.33. The first kappa shape index (κ1) is 14.7. The van der Waals surface area contributed by atoms with Crippen molar-refractivity contribution in [2.45, 2.75) is 44.9 Å². The fourth-order valence-electron chi connectivity index (χ4n) is 1.53. The van der Waals surface area contributed by atoms with Gasteiger partial charge in [0.1, 0.15) is 5.60 Å². The van der Waals surface area contributed by atoms with Crippen molar-refractivity contribution in [1.82, 2.24) is 0 Å². The quantitative estimate of drug-likeness (QED) is 0.790. The van der Waals surface area contributed by atoms with Crippen molar-refractivity contribution in [3.8, 4) is 0 Å². The summed E-state index contributed by atoms with van der Waals surface area (Å²) in [6, 6.07) is 8.83. The average molecular weight is 251 g/mol. The molecule has 0 heterocycles. The summed E-state index contributed by atoms with van der Waals surface area (Å²) in [7, 11) is 0. The third-order valence-electron chi connectivity index (χ3n) is 2.37. The van der Waals surface area contributed by atoms with Crippen LogP contribution in [0.5, 0.6) is 0 Å². The first-order valence-corrected chi connectivity index (χ1v) is 6.00. The summed E-state index contributed by atoms with van der Waals surface area (Å²) in [5, 5.41) is 9.81. The van der Waals surface area contributed by atoms with Gasteiger partial charge in [0.2, 0.25) is 0 Å². The van der Waals surface area contributed by atoms with E-state index < -0.39 is 23.7 Å². The van der Waals surface area contributed by atoms with Crippen LogP contribution in [0.15, 0.2) is 30.3 Å². The molecule has 4 heteroatoms. The van der Waals surface area contributed by atoms with Gasteiger partial charge < -0.3 is 15.6 Å². The Hall–Kier alpha value is -1.39. The molecule has 0 saturated carbocycles. The maximum Gasteiger partial charge on any atom is 0.337 e. The molecule has 2 atom stereocenters. The van der Waals surface area contributed by atoms with E-state index in [2.05, 4.69) is 0 Å². The number of aliphatic hydroxyl groups excluding tert-OH is 1. The van der Waals surface area contributed by atoms with Crippen LogP contribution in [0.3, 0.4) is 0 Å². The molecule has 100 valence electrons. The van der Waals surface area contributed by atoms with Gasteiger partial charge in [-0.05, 0) is 32.8 Å². The minimum absolute atomic E-state index is 0.432. The molecule has 0 fully saturated rings. The van der Waals surface area contributed by atoms with Crippen LogP contribution >= 0.6 is 0 Å². The molecule has 0 aliphatic carbocycles. The summed E-state index contributed by atoms with van der Waals surface area (Å²) < 4.78 is 5.09. The van der Waals surface area contributed by atoms with Gasteiger partial charge in [0.25, 0.3) is 0 Å². The van der Waals surface area contributed by atoms with Crippen molar-refractivity contribution in [1.29, 1.82) is 0 Å². The monoisotopic (exact) mass is 251 g/mol. The van der Waals surface area contributed by atoms with Crippen LogP contribution in [0.4, 0.5) is 0 Å². The van der Waals surface area contributed by atoms with E-state index in [9.17, 15) is 9.90 Å². The van der Waals surface area contributed by atoms with Crippen LogP contribution in [-0.2, 0) is 16.0 Å². The third-order valence-corrected chi connectivity index (χ3v) is 2.37. The van der Waals surface area contributed by atoms with E-state index in [1.165, 1.54) is 0 Å². The highest BCUT2D eigenvalue weighted by Gasteiger charge is 2.28. The van der Waals surface area contributed by atoms with Crippen LogP contribution in [0.2, 0.25) is 0 Å². The standard InChI is InChI=1S/C14H21NO3/c1-14(2,3)18-13(17)12(16)11(15)9-10-7-5-4-6-8-10/h4-8,11-12,16H,9,15H2,1-3H3/t11-,12+/m1/s1. The Morgan fingerprint density at radius 3 is 2.39 bits per heavy atom. The van der Waals surface area contributed by atoms with Gasteiger partial charge >= 0.3 is 5.97 Å². The summed E-state index contributed by atoms with van der Waals surface area (Å²) in [6.07, 6.45) is -0.870. The van der Waals surface area contributed by atoms with E-state index in [0.29, 0.717) is 6.42 Å². The number of nitrogens with two attached hydrogens (primary N) is 1. The summed E-state index contributed by atoms with van der Waals surface area (Å²) >= 11 is 0. The van der Waals surface area contributed by atoms with Crippen LogP contribution in [0, 0.1) is 0 Å². The molecule has 1 aromatic carbocycles. The second kappa shape index (κ2) is 5.98. The number of rotatable bonds is 4. The van der Waals surface area contributed by atoms with Crippen molar-refractivity contribution >= 4 is 5.97 Å². The van der Waals surface area contributed by atoms with E-state index in [4.69, 9.17) is 10.5 Å². The molecular weight excluding hydrogens is 230 g/mol. The van der Waals surface area contributed by atoms with E-state index in [1.54, 1.807) is 20.8 Å². The molecule has 1 aromatic rings. The highest BCUT2D eigenvalue weighted by atomic mass is 16.6. The molecular formula is C14H21NO3. The zero-order valence-electron chi connectivity index (χ0n) is 11.1. The fraction of sp³-hybridized carbons (Fsp3) is 0.500. The molecule has 0 aromatic heterocycles. The summed E-state index contributed by atoms with van der Waals surface area (Å²) in [4.78, 5) is 11.6. The maximum atomic E-state index is 11.6. The molecule has 0 radical (unpaired) electrons. The van der Waals surface area contributed by atoms with Crippen molar-refractivity contribution in [3.63, 3.8) is 0 Å². The number of esters is 1. The topological polar surface area (TPSA) is 72.5 Å². The van der Waals surface area contributed by atoms with Gasteiger partial charge in [0.05, 0.1) is 0 Å². The molecule has 0 amide bonds. The number of ether oxygens (including phenoxy) is 1. The van der Waals surface area contributed by atoms with Crippen molar-refractivity contribution < 1.29 is 14.6 Å². The Morgan fingerprint density at radius 1 is 1.33 bits per heavy atom. The smallest absolute Gasteiger partial charge is 0.337 e. The lowest BCUT2D eigenvalue weighted by molar-refractivity contribution is -0.166. The van der Waals surface area contributed by atoms with Crippen LogP contribution in [0.1, 0.15) is 26.3 Å². The van der Waals surface area contributed by atoms with Crippen LogP contribution in [-0.4, -0.2) is 28.8 Å². The molecule has 0 bridgehead atoms. The Morgan fingerprint density at radius 2 is 1.89 bits per heavy atom. The normalized spacial score (nSPS) is 14.9. The number of carbonyl (C=O) groups is 1. The number of benzene rings is 1. The maximum absolute atomic E-state index is 11.6. The van der Waals surface area contributed by atoms with E-state index >= 15 is 0 Å². The zero-order chi connectivity index (χ0) is 13.8. The lowest BCUT2D eigenvalue weighted by Gasteiger charge is -2.24. The molecule has 0 aliphatic rings. The van der Waals surface area contributed by atoms with E-state index in [0.717, 1.165) is 5.56 Å². The Bertz CT molecular complexity index is 384. The Labute approximate surface area is 108 Å².